The number of nitrogens with one attached hydrogen (secondary N) is 1. The number of aromatic nitrogens is 1. The maximum atomic E-state index is 5.87. The zero-order valence-corrected chi connectivity index (χ0v) is 10.9. The Morgan fingerprint density at radius 1 is 1.16 bits per heavy atom. The molecule has 3 rings (SSSR count). The molecule has 0 radical (unpaired) electrons. The number of benzene rings is 1. The second kappa shape index (κ2) is 5.85. The lowest BCUT2D eigenvalue weighted by Crippen LogP contribution is -2.16. The molecule has 0 aliphatic heterocycles. The molecule has 1 aromatic heterocycles. The van der Waals surface area contributed by atoms with Gasteiger partial charge in [0.2, 0.25) is 0 Å². The van der Waals surface area contributed by atoms with Crippen LogP contribution in [0.5, 0.6) is 5.75 Å². The maximum Gasteiger partial charge on any atom is 0.142 e. The molecule has 1 aliphatic carbocycles. The minimum Gasteiger partial charge on any atom is -0.487 e. The smallest absolute Gasteiger partial charge is 0.142 e. The largest absolute Gasteiger partial charge is 0.487 e. The lowest BCUT2D eigenvalue weighted by molar-refractivity contribution is 0.301. The maximum absolute atomic E-state index is 5.87. The zero-order valence-electron chi connectivity index (χ0n) is 10.9. The van der Waals surface area contributed by atoms with Crippen molar-refractivity contribution < 1.29 is 4.74 Å². The Labute approximate surface area is 113 Å². The summed E-state index contributed by atoms with van der Waals surface area (Å²) in [5.74, 6) is 0.875. The lowest BCUT2D eigenvalue weighted by Gasteiger charge is -2.11. The highest BCUT2D eigenvalue weighted by Crippen LogP contribution is 2.22. The highest BCUT2D eigenvalue weighted by Gasteiger charge is 2.20. The normalized spacial score (nSPS) is 14.3. The first-order valence-electron chi connectivity index (χ1n) is 6.75. The molecule has 1 saturated carbocycles. The van der Waals surface area contributed by atoms with Crippen LogP contribution in [-0.2, 0) is 13.2 Å². The van der Waals surface area contributed by atoms with Crippen LogP contribution in [-0.4, -0.2) is 11.0 Å². The summed E-state index contributed by atoms with van der Waals surface area (Å²) in [6, 6.07) is 12.9. The van der Waals surface area contributed by atoms with E-state index in [0.717, 1.165) is 12.3 Å². The molecule has 98 valence electrons. The number of hydrogen-bond acceptors (Lipinski definition) is 3. The summed E-state index contributed by atoms with van der Waals surface area (Å²) in [6.45, 7) is 1.44. The van der Waals surface area contributed by atoms with E-state index >= 15 is 0 Å². The summed E-state index contributed by atoms with van der Waals surface area (Å²) in [6.07, 6.45) is 6.21. The molecule has 0 amide bonds. The van der Waals surface area contributed by atoms with Gasteiger partial charge in [0.05, 0.1) is 6.20 Å². The Hall–Kier alpha value is -1.87. The number of rotatable bonds is 6. The van der Waals surface area contributed by atoms with E-state index in [2.05, 4.69) is 22.4 Å². The molecule has 1 aromatic carbocycles. The number of hydrogen-bond donors (Lipinski definition) is 1. The molecular weight excluding hydrogens is 236 g/mol. The highest BCUT2D eigenvalue weighted by atomic mass is 16.5. The molecule has 0 saturated heterocycles. The van der Waals surface area contributed by atoms with Crippen LogP contribution in [0.2, 0.25) is 0 Å². The van der Waals surface area contributed by atoms with Crippen LogP contribution in [0.1, 0.15) is 24.0 Å². The fourth-order valence-electron chi connectivity index (χ4n) is 1.96. The first kappa shape index (κ1) is 12.2. The monoisotopic (exact) mass is 254 g/mol. The van der Waals surface area contributed by atoms with Gasteiger partial charge in [-0.05, 0) is 24.5 Å². The van der Waals surface area contributed by atoms with Gasteiger partial charge in [-0.25, -0.2) is 0 Å². The molecule has 0 spiro atoms. The lowest BCUT2D eigenvalue weighted by atomic mass is 10.2. The number of pyridine rings is 1. The Morgan fingerprint density at radius 3 is 2.79 bits per heavy atom. The molecular formula is C16H18N2O. The molecule has 0 bridgehead atoms. The Morgan fingerprint density at radius 2 is 2.00 bits per heavy atom. The van der Waals surface area contributed by atoms with E-state index in [1.165, 1.54) is 24.0 Å². The Balaban J connectivity index is 1.62. The highest BCUT2D eigenvalue weighted by molar-refractivity contribution is 5.30. The van der Waals surface area contributed by atoms with Gasteiger partial charge in [0.15, 0.2) is 0 Å². The quantitative estimate of drug-likeness (QED) is 0.860. The van der Waals surface area contributed by atoms with E-state index in [-0.39, 0.29) is 0 Å². The standard InChI is InChI=1S/C16H18N2O/c1-2-4-13(5-3-1)12-19-16-11-17-9-8-14(16)10-18-15-6-7-15/h1-5,8-9,11,15,18H,6-7,10,12H2. The van der Waals surface area contributed by atoms with Crippen LogP contribution >= 0.6 is 0 Å². The second-order valence-corrected chi connectivity index (χ2v) is 4.91. The van der Waals surface area contributed by atoms with Gasteiger partial charge >= 0.3 is 0 Å². The fraction of sp³-hybridized carbons (Fsp3) is 0.312. The van der Waals surface area contributed by atoms with E-state index < -0.39 is 0 Å². The Kier molecular flexibility index (Phi) is 3.75. The summed E-state index contributed by atoms with van der Waals surface area (Å²) < 4.78 is 5.87. The van der Waals surface area contributed by atoms with Crippen molar-refractivity contribution in [1.29, 1.82) is 0 Å². The third-order valence-electron chi connectivity index (χ3n) is 3.27. The number of ether oxygens (including phenoxy) is 1. The van der Waals surface area contributed by atoms with Crippen LogP contribution in [0.15, 0.2) is 48.8 Å². The SMILES string of the molecule is c1ccc(COc2cnccc2CNC2CC2)cc1. The van der Waals surface area contributed by atoms with Gasteiger partial charge in [0, 0.05) is 24.3 Å². The fourth-order valence-corrected chi connectivity index (χ4v) is 1.96. The van der Waals surface area contributed by atoms with Crippen molar-refractivity contribution in [3.63, 3.8) is 0 Å². The van der Waals surface area contributed by atoms with Crippen molar-refractivity contribution in [1.82, 2.24) is 10.3 Å². The van der Waals surface area contributed by atoms with E-state index in [1.807, 2.05) is 30.5 Å². The van der Waals surface area contributed by atoms with E-state index in [0.29, 0.717) is 12.6 Å². The molecule has 0 atom stereocenters. The third kappa shape index (κ3) is 3.55. The minimum atomic E-state index is 0.586. The summed E-state index contributed by atoms with van der Waals surface area (Å²) in [5, 5.41) is 3.50. The summed E-state index contributed by atoms with van der Waals surface area (Å²) in [4.78, 5) is 4.15. The topological polar surface area (TPSA) is 34.1 Å². The number of nitrogens with zero attached hydrogens (tertiary/aromatic N) is 1. The summed E-state index contributed by atoms with van der Waals surface area (Å²) in [7, 11) is 0. The second-order valence-electron chi connectivity index (χ2n) is 4.91. The summed E-state index contributed by atoms with van der Waals surface area (Å²) >= 11 is 0. The molecule has 3 nitrogen and oxygen atoms in total. The molecule has 0 unspecified atom stereocenters. The van der Waals surface area contributed by atoms with Gasteiger partial charge < -0.3 is 10.1 Å². The van der Waals surface area contributed by atoms with Gasteiger partial charge in [-0.2, -0.15) is 0 Å². The molecule has 1 fully saturated rings. The molecule has 1 heterocycles. The van der Waals surface area contributed by atoms with E-state index in [9.17, 15) is 0 Å². The molecule has 3 heteroatoms. The van der Waals surface area contributed by atoms with Crippen LogP contribution in [0.4, 0.5) is 0 Å². The molecule has 1 N–H and O–H groups in total. The minimum absolute atomic E-state index is 0.586. The van der Waals surface area contributed by atoms with Crippen molar-refractivity contribution in [3.05, 3.63) is 59.9 Å². The van der Waals surface area contributed by atoms with E-state index in [1.54, 1.807) is 6.20 Å². The average molecular weight is 254 g/mol. The first-order chi connectivity index (χ1) is 9.42. The van der Waals surface area contributed by atoms with Gasteiger partial charge in [0.1, 0.15) is 12.4 Å². The Bertz CT molecular complexity index is 523. The van der Waals surface area contributed by atoms with Crippen LogP contribution in [0, 0.1) is 0 Å². The summed E-state index contributed by atoms with van der Waals surface area (Å²) in [5.41, 5.74) is 2.35. The predicted octanol–water partition coefficient (Wildman–Crippen LogP) is 2.91. The zero-order chi connectivity index (χ0) is 12.9. The molecule has 1 aliphatic rings. The van der Waals surface area contributed by atoms with Gasteiger partial charge in [-0.15, -0.1) is 0 Å². The van der Waals surface area contributed by atoms with Crippen LogP contribution < -0.4 is 10.1 Å². The molecule has 19 heavy (non-hydrogen) atoms. The van der Waals surface area contributed by atoms with Crippen LogP contribution in [0.3, 0.4) is 0 Å². The first-order valence-corrected chi connectivity index (χ1v) is 6.75. The van der Waals surface area contributed by atoms with Crippen molar-refractivity contribution in [2.45, 2.75) is 32.0 Å². The van der Waals surface area contributed by atoms with Gasteiger partial charge in [0.25, 0.3) is 0 Å². The van der Waals surface area contributed by atoms with Crippen LogP contribution in [0.25, 0.3) is 0 Å². The predicted molar refractivity (Wildman–Crippen MR) is 74.9 cm³/mol. The van der Waals surface area contributed by atoms with E-state index in [4.69, 9.17) is 4.74 Å². The molecule has 2 aromatic rings. The van der Waals surface area contributed by atoms with Gasteiger partial charge in [-0.3, -0.25) is 4.98 Å². The van der Waals surface area contributed by atoms with Gasteiger partial charge in [-0.1, -0.05) is 30.3 Å². The van der Waals surface area contributed by atoms with Crippen molar-refractivity contribution in [2.75, 3.05) is 0 Å². The van der Waals surface area contributed by atoms with Crippen molar-refractivity contribution in [3.8, 4) is 5.75 Å². The average Bonchev–Trinajstić information content (AvgIpc) is 3.29. The van der Waals surface area contributed by atoms with Crippen molar-refractivity contribution >= 4 is 0 Å². The van der Waals surface area contributed by atoms with Crippen molar-refractivity contribution in [2.24, 2.45) is 0 Å². The third-order valence-corrected chi connectivity index (χ3v) is 3.27.